The lowest BCUT2D eigenvalue weighted by Gasteiger charge is -2.24. The van der Waals surface area contributed by atoms with Gasteiger partial charge in [0.15, 0.2) is 11.5 Å². The summed E-state index contributed by atoms with van der Waals surface area (Å²) in [6, 6.07) is 6.39. The van der Waals surface area contributed by atoms with Crippen LogP contribution in [0.25, 0.3) is 0 Å². The standard InChI is InChI=1S/C16H12O5S/c1-7-6-10(16(19)20)13-14(8(7)2)22-11-5-3-4-9(15(17)18)12(11)21-13/h3-6H,1-2H3,(H,17,18)(H,19,20). The summed E-state index contributed by atoms with van der Waals surface area (Å²) in [5, 5.41) is 18.6. The Labute approximate surface area is 130 Å². The second-order valence-electron chi connectivity index (χ2n) is 4.97. The smallest absolute Gasteiger partial charge is 0.339 e. The monoisotopic (exact) mass is 316 g/mol. The van der Waals surface area contributed by atoms with Crippen molar-refractivity contribution in [3.05, 3.63) is 46.5 Å². The topological polar surface area (TPSA) is 83.8 Å². The molecule has 0 saturated carbocycles. The lowest BCUT2D eigenvalue weighted by atomic mass is 10.0. The average Bonchev–Trinajstić information content (AvgIpc) is 2.48. The summed E-state index contributed by atoms with van der Waals surface area (Å²) in [7, 11) is 0. The zero-order valence-corrected chi connectivity index (χ0v) is 12.7. The van der Waals surface area contributed by atoms with Crippen molar-refractivity contribution in [3.8, 4) is 11.5 Å². The van der Waals surface area contributed by atoms with Crippen molar-refractivity contribution in [2.45, 2.75) is 23.6 Å². The zero-order chi connectivity index (χ0) is 16.0. The van der Waals surface area contributed by atoms with Crippen molar-refractivity contribution in [2.75, 3.05) is 0 Å². The maximum absolute atomic E-state index is 11.5. The number of carboxylic acid groups (broad SMARTS) is 2. The first-order chi connectivity index (χ1) is 10.4. The molecule has 3 rings (SSSR count). The summed E-state index contributed by atoms with van der Waals surface area (Å²) in [6.45, 7) is 3.73. The van der Waals surface area contributed by atoms with Crippen LogP contribution in [0.5, 0.6) is 11.5 Å². The molecule has 0 saturated heterocycles. The third-order valence-corrected chi connectivity index (χ3v) is 4.84. The van der Waals surface area contributed by atoms with Gasteiger partial charge in [-0.15, -0.1) is 0 Å². The van der Waals surface area contributed by atoms with Gasteiger partial charge >= 0.3 is 11.9 Å². The molecule has 0 unspecified atom stereocenters. The zero-order valence-electron chi connectivity index (χ0n) is 11.8. The van der Waals surface area contributed by atoms with Gasteiger partial charge in [0.1, 0.15) is 11.1 Å². The van der Waals surface area contributed by atoms with E-state index in [0.29, 0.717) is 9.79 Å². The number of aromatic carboxylic acids is 2. The van der Waals surface area contributed by atoms with Crippen LogP contribution < -0.4 is 4.74 Å². The molecule has 1 aliphatic rings. The molecule has 1 heterocycles. The van der Waals surface area contributed by atoms with Crippen LogP contribution in [0.1, 0.15) is 31.8 Å². The van der Waals surface area contributed by atoms with E-state index >= 15 is 0 Å². The number of carboxylic acids is 2. The molecule has 6 heteroatoms. The molecule has 2 aromatic carbocycles. The van der Waals surface area contributed by atoms with Crippen molar-refractivity contribution in [1.82, 2.24) is 0 Å². The highest BCUT2D eigenvalue weighted by molar-refractivity contribution is 7.99. The van der Waals surface area contributed by atoms with Crippen LogP contribution in [0, 0.1) is 13.8 Å². The maximum Gasteiger partial charge on any atom is 0.339 e. The SMILES string of the molecule is Cc1cc(C(=O)O)c2c(c1C)Sc1cccc(C(=O)O)c1O2. The van der Waals surface area contributed by atoms with E-state index in [2.05, 4.69) is 0 Å². The Bertz CT molecular complexity index is 826. The van der Waals surface area contributed by atoms with Gasteiger partial charge in [-0.1, -0.05) is 17.8 Å². The van der Waals surface area contributed by atoms with Gasteiger partial charge in [0.2, 0.25) is 0 Å². The fourth-order valence-electron chi connectivity index (χ4n) is 2.33. The van der Waals surface area contributed by atoms with Crippen molar-refractivity contribution in [1.29, 1.82) is 0 Å². The van der Waals surface area contributed by atoms with Gasteiger partial charge in [-0.2, -0.15) is 0 Å². The lowest BCUT2D eigenvalue weighted by Crippen LogP contribution is -2.09. The number of benzene rings is 2. The van der Waals surface area contributed by atoms with E-state index in [1.807, 2.05) is 13.8 Å². The Kier molecular flexibility index (Phi) is 3.33. The van der Waals surface area contributed by atoms with Crippen LogP contribution in [0.2, 0.25) is 0 Å². The fraction of sp³-hybridized carbons (Fsp3) is 0.125. The van der Waals surface area contributed by atoms with Crippen LogP contribution in [0.3, 0.4) is 0 Å². The number of hydrogen-bond acceptors (Lipinski definition) is 4. The molecule has 0 bridgehead atoms. The van der Waals surface area contributed by atoms with Crippen molar-refractivity contribution in [2.24, 2.45) is 0 Å². The van der Waals surface area contributed by atoms with E-state index in [0.717, 1.165) is 11.1 Å². The number of fused-ring (bicyclic) bond motifs is 2. The summed E-state index contributed by atoms with van der Waals surface area (Å²) in [6.07, 6.45) is 0. The molecule has 1 aliphatic heterocycles. The summed E-state index contributed by atoms with van der Waals surface area (Å²) >= 11 is 1.33. The first-order valence-corrected chi connectivity index (χ1v) is 7.31. The number of rotatable bonds is 2. The second kappa shape index (κ2) is 5.06. The first-order valence-electron chi connectivity index (χ1n) is 6.49. The molecule has 0 aromatic heterocycles. The normalized spacial score (nSPS) is 12.1. The third kappa shape index (κ3) is 2.12. The molecule has 0 radical (unpaired) electrons. The molecular weight excluding hydrogens is 304 g/mol. The number of para-hydroxylation sites is 1. The van der Waals surface area contributed by atoms with Crippen LogP contribution in [0.4, 0.5) is 0 Å². The fourth-order valence-corrected chi connectivity index (χ4v) is 3.50. The quantitative estimate of drug-likeness (QED) is 0.744. The Hall–Kier alpha value is -2.47. The van der Waals surface area contributed by atoms with Crippen LogP contribution >= 0.6 is 11.8 Å². The molecule has 0 fully saturated rings. The van der Waals surface area contributed by atoms with E-state index in [1.54, 1.807) is 18.2 Å². The lowest BCUT2D eigenvalue weighted by molar-refractivity contribution is 0.0687. The van der Waals surface area contributed by atoms with Gasteiger partial charge in [-0.05, 0) is 43.2 Å². The Balaban J connectivity index is 2.25. The first kappa shape index (κ1) is 14.5. The highest BCUT2D eigenvalue weighted by Crippen LogP contribution is 2.51. The van der Waals surface area contributed by atoms with Gasteiger partial charge in [0, 0.05) is 0 Å². The van der Waals surface area contributed by atoms with Gasteiger partial charge in [-0.25, -0.2) is 9.59 Å². The van der Waals surface area contributed by atoms with E-state index in [9.17, 15) is 19.8 Å². The molecule has 0 amide bonds. The highest BCUT2D eigenvalue weighted by Gasteiger charge is 2.29. The molecule has 22 heavy (non-hydrogen) atoms. The minimum atomic E-state index is -1.11. The van der Waals surface area contributed by atoms with E-state index in [-0.39, 0.29) is 22.6 Å². The molecule has 0 atom stereocenters. The van der Waals surface area contributed by atoms with Crippen LogP contribution in [0.15, 0.2) is 34.1 Å². The van der Waals surface area contributed by atoms with Crippen molar-refractivity contribution in [3.63, 3.8) is 0 Å². The second-order valence-corrected chi connectivity index (χ2v) is 6.02. The van der Waals surface area contributed by atoms with E-state index < -0.39 is 11.9 Å². The summed E-state index contributed by atoms with van der Waals surface area (Å²) in [4.78, 5) is 24.2. The highest BCUT2D eigenvalue weighted by atomic mass is 32.2. The third-order valence-electron chi connectivity index (χ3n) is 3.60. The van der Waals surface area contributed by atoms with Gasteiger partial charge in [-0.3, -0.25) is 0 Å². The van der Waals surface area contributed by atoms with Gasteiger partial charge in [0.25, 0.3) is 0 Å². The molecule has 0 spiro atoms. The molecule has 2 N–H and O–H groups in total. The number of ether oxygens (including phenoxy) is 1. The van der Waals surface area contributed by atoms with E-state index in [4.69, 9.17) is 4.74 Å². The van der Waals surface area contributed by atoms with Crippen molar-refractivity contribution < 1.29 is 24.5 Å². The predicted octanol–water partition coefficient (Wildman–Crippen LogP) is 3.96. The molecule has 112 valence electrons. The molecule has 2 aromatic rings. The average molecular weight is 316 g/mol. The molecular formula is C16H12O5S. The minimum absolute atomic E-state index is 0.0187. The number of carbonyl (C=O) groups is 2. The minimum Gasteiger partial charge on any atom is -0.478 e. The maximum atomic E-state index is 11.5. The largest absolute Gasteiger partial charge is 0.478 e. The Morgan fingerprint density at radius 3 is 2.36 bits per heavy atom. The van der Waals surface area contributed by atoms with Crippen molar-refractivity contribution >= 4 is 23.7 Å². The van der Waals surface area contributed by atoms with E-state index in [1.165, 1.54) is 17.8 Å². The Morgan fingerprint density at radius 1 is 1.05 bits per heavy atom. The van der Waals surface area contributed by atoms with Gasteiger partial charge < -0.3 is 14.9 Å². The Morgan fingerprint density at radius 2 is 1.73 bits per heavy atom. The van der Waals surface area contributed by atoms with Crippen LogP contribution in [-0.2, 0) is 0 Å². The summed E-state index contributed by atoms with van der Waals surface area (Å²) in [5.74, 6) is -1.81. The number of aryl methyl sites for hydroxylation is 1. The molecule has 5 nitrogen and oxygen atoms in total. The van der Waals surface area contributed by atoms with Gasteiger partial charge in [0.05, 0.1) is 9.79 Å². The summed E-state index contributed by atoms with van der Waals surface area (Å²) in [5.41, 5.74) is 1.84. The predicted molar refractivity (Wildman–Crippen MR) is 80.5 cm³/mol. The summed E-state index contributed by atoms with van der Waals surface area (Å²) < 4.78 is 5.72. The number of hydrogen-bond donors (Lipinski definition) is 2. The van der Waals surface area contributed by atoms with Crippen LogP contribution in [-0.4, -0.2) is 22.2 Å². The molecule has 0 aliphatic carbocycles.